The molecule has 4 heteroatoms. The van der Waals surface area contributed by atoms with E-state index in [4.69, 9.17) is 16.0 Å². The fourth-order valence-electron chi connectivity index (χ4n) is 2.37. The summed E-state index contributed by atoms with van der Waals surface area (Å²) < 4.78 is 5.46. The highest BCUT2D eigenvalue weighted by Crippen LogP contribution is 2.22. The molecular formula is C17H17ClN2O. The van der Waals surface area contributed by atoms with Gasteiger partial charge in [-0.1, -0.05) is 17.7 Å². The monoisotopic (exact) mass is 300 g/mol. The normalized spacial score (nSPS) is 13.0. The SMILES string of the molecule is C[C@@H](c1ccco1)N(C)Cc1ccc2cc(Cl)ccc2n1. The van der Waals surface area contributed by atoms with E-state index in [0.717, 1.165) is 33.9 Å². The van der Waals surface area contributed by atoms with E-state index in [1.165, 1.54) is 0 Å². The largest absolute Gasteiger partial charge is 0.468 e. The van der Waals surface area contributed by atoms with Crippen molar-refractivity contribution in [3.8, 4) is 0 Å². The molecule has 0 saturated heterocycles. The molecule has 0 aliphatic carbocycles. The number of rotatable bonds is 4. The van der Waals surface area contributed by atoms with Crippen molar-refractivity contribution in [3.63, 3.8) is 0 Å². The lowest BCUT2D eigenvalue weighted by molar-refractivity contribution is 0.221. The van der Waals surface area contributed by atoms with Gasteiger partial charge in [0.2, 0.25) is 0 Å². The number of hydrogen-bond donors (Lipinski definition) is 0. The van der Waals surface area contributed by atoms with Crippen molar-refractivity contribution < 1.29 is 4.42 Å². The minimum Gasteiger partial charge on any atom is -0.468 e. The van der Waals surface area contributed by atoms with Gasteiger partial charge in [-0.15, -0.1) is 0 Å². The number of aromatic nitrogens is 1. The van der Waals surface area contributed by atoms with Crippen molar-refractivity contribution in [3.05, 3.63) is 65.2 Å². The quantitative estimate of drug-likeness (QED) is 0.701. The van der Waals surface area contributed by atoms with Crippen LogP contribution in [-0.4, -0.2) is 16.9 Å². The minimum atomic E-state index is 0.211. The maximum atomic E-state index is 5.99. The van der Waals surface area contributed by atoms with E-state index >= 15 is 0 Å². The van der Waals surface area contributed by atoms with Gasteiger partial charge in [0.05, 0.1) is 23.5 Å². The van der Waals surface area contributed by atoms with Crippen molar-refractivity contribution >= 4 is 22.5 Å². The maximum Gasteiger partial charge on any atom is 0.120 e. The molecule has 0 unspecified atom stereocenters. The Morgan fingerprint density at radius 3 is 2.86 bits per heavy atom. The fourth-order valence-corrected chi connectivity index (χ4v) is 2.55. The summed E-state index contributed by atoms with van der Waals surface area (Å²) in [6.45, 7) is 2.89. The summed E-state index contributed by atoms with van der Waals surface area (Å²) in [5, 5.41) is 1.80. The number of furan rings is 1. The van der Waals surface area contributed by atoms with Crippen molar-refractivity contribution in [2.24, 2.45) is 0 Å². The van der Waals surface area contributed by atoms with E-state index in [-0.39, 0.29) is 6.04 Å². The van der Waals surface area contributed by atoms with Gasteiger partial charge in [-0.05, 0) is 50.4 Å². The van der Waals surface area contributed by atoms with Gasteiger partial charge in [0.1, 0.15) is 5.76 Å². The fraction of sp³-hybridized carbons (Fsp3) is 0.235. The van der Waals surface area contributed by atoms with Crippen LogP contribution in [0.1, 0.15) is 24.4 Å². The molecule has 0 bridgehead atoms. The number of nitrogens with zero attached hydrogens (tertiary/aromatic N) is 2. The molecule has 1 aromatic carbocycles. The summed E-state index contributed by atoms with van der Waals surface area (Å²) in [5.74, 6) is 0.963. The van der Waals surface area contributed by atoms with Crippen LogP contribution in [0.4, 0.5) is 0 Å². The Morgan fingerprint density at radius 1 is 1.24 bits per heavy atom. The second-order valence-corrected chi connectivity index (χ2v) is 5.68. The van der Waals surface area contributed by atoms with Crippen LogP contribution >= 0.6 is 11.6 Å². The zero-order valence-corrected chi connectivity index (χ0v) is 12.8. The summed E-state index contributed by atoms with van der Waals surface area (Å²) in [4.78, 5) is 6.90. The standard InChI is InChI=1S/C17H17ClN2O/c1-12(17-4-3-9-21-17)20(2)11-15-7-5-13-10-14(18)6-8-16(13)19-15/h3-10,12H,11H2,1-2H3/t12-/m0/s1. The Bertz CT molecular complexity index is 740. The van der Waals surface area contributed by atoms with Crippen molar-refractivity contribution in [1.29, 1.82) is 0 Å². The average molecular weight is 301 g/mol. The maximum absolute atomic E-state index is 5.99. The Kier molecular flexibility index (Phi) is 3.95. The lowest BCUT2D eigenvalue weighted by Gasteiger charge is -2.22. The molecule has 21 heavy (non-hydrogen) atoms. The van der Waals surface area contributed by atoms with Crippen molar-refractivity contribution in [2.75, 3.05) is 7.05 Å². The molecule has 0 N–H and O–H groups in total. The molecule has 108 valence electrons. The van der Waals surface area contributed by atoms with Gasteiger partial charge in [0.25, 0.3) is 0 Å². The average Bonchev–Trinajstić information content (AvgIpc) is 3.00. The van der Waals surface area contributed by atoms with E-state index in [9.17, 15) is 0 Å². The number of hydrogen-bond acceptors (Lipinski definition) is 3. The highest BCUT2D eigenvalue weighted by molar-refractivity contribution is 6.31. The molecular weight excluding hydrogens is 284 g/mol. The van der Waals surface area contributed by atoms with Crippen LogP contribution in [0.5, 0.6) is 0 Å². The third kappa shape index (κ3) is 3.09. The first-order valence-corrected chi connectivity index (χ1v) is 7.30. The summed E-state index contributed by atoms with van der Waals surface area (Å²) in [5.41, 5.74) is 2.00. The van der Waals surface area contributed by atoms with E-state index < -0.39 is 0 Å². The molecule has 0 spiro atoms. The minimum absolute atomic E-state index is 0.211. The zero-order chi connectivity index (χ0) is 14.8. The molecule has 0 fully saturated rings. The van der Waals surface area contributed by atoms with Crippen LogP contribution in [0, 0.1) is 0 Å². The lowest BCUT2D eigenvalue weighted by Crippen LogP contribution is -2.22. The Labute approximate surface area is 129 Å². The molecule has 0 saturated carbocycles. The highest BCUT2D eigenvalue weighted by atomic mass is 35.5. The second kappa shape index (κ2) is 5.88. The number of halogens is 1. The van der Waals surface area contributed by atoms with E-state index in [1.54, 1.807) is 6.26 Å². The van der Waals surface area contributed by atoms with Crippen LogP contribution in [0.25, 0.3) is 10.9 Å². The van der Waals surface area contributed by atoms with Gasteiger partial charge in [-0.3, -0.25) is 9.88 Å². The Balaban J connectivity index is 1.79. The predicted octanol–water partition coefficient (Wildman–Crippen LogP) is 4.67. The predicted molar refractivity (Wildman–Crippen MR) is 85.3 cm³/mol. The first-order valence-electron chi connectivity index (χ1n) is 6.92. The molecule has 3 rings (SSSR count). The van der Waals surface area contributed by atoms with Crippen LogP contribution in [-0.2, 0) is 6.54 Å². The third-order valence-corrected chi connectivity index (χ3v) is 3.97. The second-order valence-electron chi connectivity index (χ2n) is 5.25. The molecule has 0 aliphatic rings. The molecule has 2 aromatic heterocycles. The number of benzene rings is 1. The van der Waals surface area contributed by atoms with Gasteiger partial charge in [0.15, 0.2) is 0 Å². The summed E-state index contributed by atoms with van der Waals surface area (Å²) in [6, 6.07) is 14.0. The van der Waals surface area contributed by atoms with E-state index in [0.29, 0.717) is 0 Å². The van der Waals surface area contributed by atoms with Crippen molar-refractivity contribution in [2.45, 2.75) is 19.5 Å². The Morgan fingerprint density at radius 2 is 2.10 bits per heavy atom. The molecule has 0 aliphatic heterocycles. The molecule has 3 aromatic rings. The Hall–Kier alpha value is -1.84. The first-order chi connectivity index (χ1) is 10.1. The van der Waals surface area contributed by atoms with Crippen molar-refractivity contribution in [1.82, 2.24) is 9.88 Å². The number of fused-ring (bicyclic) bond motifs is 1. The van der Waals surface area contributed by atoms with Gasteiger partial charge < -0.3 is 4.42 Å². The van der Waals surface area contributed by atoms with Gasteiger partial charge in [-0.2, -0.15) is 0 Å². The first kappa shape index (κ1) is 14.1. The van der Waals surface area contributed by atoms with Gasteiger partial charge >= 0.3 is 0 Å². The molecule has 1 atom stereocenters. The van der Waals surface area contributed by atoms with Crippen LogP contribution < -0.4 is 0 Å². The third-order valence-electron chi connectivity index (χ3n) is 3.74. The van der Waals surface area contributed by atoms with Gasteiger partial charge in [-0.25, -0.2) is 0 Å². The summed E-state index contributed by atoms with van der Waals surface area (Å²) in [6.07, 6.45) is 1.71. The smallest absolute Gasteiger partial charge is 0.120 e. The van der Waals surface area contributed by atoms with Crippen LogP contribution in [0.2, 0.25) is 5.02 Å². The highest BCUT2D eigenvalue weighted by Gasteiger charge is 2.15. The molecule has 0 radical (unpaired) electrons. The lowest BCUT2D eigenvalue weighted by atomic mass is 10.2. The summed E-state index contributed by atoms with van der Waals surface area (Å²) in [7, 11) is 2.07. The van der Waals surface area contributed by atoms with Crippen LogP contribution in [0.3, 0.4) is 0 Å². The number of pyridine rings is 1. The topological polar surface area (TPSA) is 29.3 Å². The van der Waals surface area contributed by atoms with Gasteiger partial charge in [0, 0.05) is 17.0 Å². The molecule has 2 heterocycles. The van der Waals surface area contributed by atoms with Crippen LogP contribution in [0.15, 0.2) is 53.1 Å². The van der Waals surface area contributed by atoms with E-state index in [2.05, 4.69) is 29.9 Å². The molecule has 3 nitrogen and oxygen atoms in total. The zero-order valence-electron chi connectivity index (χ0n) is 12.1. The summed E-state index contributed by atoms with van der Waals surface area (Å²) >= 11 is 5.99. The molecule has 0 amide bonds. The van der Waals surface area contributed by atoms with E-state index in [1.807, 2.05) is 36.4 Å².